The van der Waals surface area contributed by atoms with E-state index in [0.29, 0.717) is 35.1 Å². The third-order valence-electron chi connectivity index (χ3n) is 5.60. The van der Waals surface area contributed by atoms with Crippen LogP contribution < -0.4 is 4.90 Å². The zero-order valence-corrected chi connectivity index (χ0v) is 19.3. The number of thiazole rings is 1. The minimum atomic E-state index is -0.162. The van der Waals surface area contributed by atoms with Crippen molar-refractivity contribution in [3.05, 3.63) is 82.5 Å². The number of nitrogens with zero attached hydrogens (tertiary/aromatic N) is 3. The van der Waals surface area contributed by atoms with Crippen molar-refractivity contribution in [3.63, 3.8) is 0 Å². The Hall–Kier alpha value is -3.33. The van der Waals surface area contributed by atoms with Crippen molar-refractivity contribution in [1.82, 2.24) is 9.55 Å². The van der Waals surface area contributed by atoms with Gasteiger partial charge in [0.1, 0.15) is 0 Å². The molecule has 0 saturated heterocycles. The van der Waals surface area contributed by atoms with Crippen LogP contribution >= 0.6 is 11.3 Å². The molecule has 0 aliphatic rings. The molecule has 1 amide bonds. The summed E-state index contributed by atoms with van der Waals surface area (Å²) in [6.07, 6.45) is 1.76. The van der Waals surface area contributed by atoms with E-state index in [-0.39, 0.29) is 24.8 Å². The number of carbonyl (C=O) groups excluding carboxylic acids is 2. The van der Waals surface area contributed by atoms with Gasteiger partial charge in [0.15, 0.2) is 5.13 Å². The number of rotatable bonds is 8. The predicted octanol–water partition coefficient (Wildman–Crippen LogP) is 3.81. The summed E-state index contributed by atoms with van der Waals surface area (Å²) in [6.45, 7) is 2.49. The maximum Gasteiger partial charge on any atom is 0.262 e. The molecular formula is C25H25N3O4S. The number of hydrogen-bond acceptors (Lipinski definition) is 6. The molecule has 0 bridgehead atoms. The van der Waals surface area contributed by atoms with E-state index in [4.69, 9.17) is 4.74 Å². The average Bonchev–Trinajstić information content (AvgIpc) is 3.46. The smallest absolute Gasteiger partial charge is 0.262 e. The van der Waals surface area contributed by atoms with Crippen molar-refractivity contribution in [2.75, 3.05) is 25.2 Å². The number of aliphatic hydroxyl groups excluding tert-OH is 1. The molecule has 1 N–H and O–H groups in total. The van der Waals surface area contributed by atoms with Gasteiger partial charge in [-0.1, -0.05) is 24.3 Å². The number of hydrogen-bond donors (Lipinski definition) is 1. The largest absolute Gasteiger partial charge is 0.392 e. The van der Waals surface area contributed by atoms with Crippen molar-refractivity contribution in [1.29, 1.82) is 0 Å². The molecule has 7 nitrogen and oxygen atoms in total. The highest BCUT2D eigenvalue weighted by molar-refractivity contribution is 7.13. The van der Waals surface area contributed by atoms with Crippen LogP contribution in [0.4, 0.5) is 5.13 Å². The second-order valence-electron chi connectivity index (χ2n) is 7.61. The highest BCUT2D eigenvalue weighted by Gasteiger charge is 2.25. The number of anilines is 1. The van der Waals surface area contributed by atoms with Gasteiger partial charge in [-0.2, -0.15) is 0 Å². The summed E-state index contributed by atoms with van der Waals surface area (Å²) in [6, 6.07) is 14.5. The summed E-state index contributed by atoms with van der Waals surface area (Å²) in [5, 5.41) is 12.9. The first-order chi connectivity index (χ1) is 16.0. The average molecular weight is 464 g/mol. The van der Waals surface area contributed by atoms with Crippen LogP contribution in [0.3, 0.4) is 0 Å². The summed E-state index contributed by atoms with van der Waals surface area (Å²) in [5.41, 5.74) is 3.45. The van der Waals surface area contributed by atoms with E-state index in [1.54, 1.807) is 41.0 Å². The van der Waals surface area contributed by atoms with Gasteiger partial charge in [-0.15, -0.1) is 11.3 Å². The van der Waals surface area contributed by atoms with E-state index >= 15 is 0 Å². The highest BCUT2D eigenvalue weighted by Crippen LogP contribution is 2.30. The molecule has 170 valence electrons. The fourth-order valence-electron chi connectivity index (χ4n) is 3.93. The molecule has 0 atom stereocenters. The molecule has 0 fully saturated rings. The maximum absolute atomic E-state index is 13.4. The monoisotopic (exact) mass is 463 g/mol. The molecule has 4 aromatic rings. The summed E-state index contributed by atoms with van der Waals surface area (Å²) in [5.74, 6) is -0.296. The number of amides is 1. The Kier molecular flexibility index (Phi) is 6.98. The molecule has 0 radical (unpaired) electrons. The lowest BCUT2D eigenvalue weighted by Crippen LogP contribution is -2.35. The Labute approximate surface area is 195 Å². The van der Waals surface area contributed by atoms with E-state index in [1.165, 1.54) is 11.3 Å². The SMILES string of the molecule is COCCN(C(=O)Cc1c(C)n(C(=O)c2ccccc2)c2ccc(CO)cc12)c1nccs1. The number of ether oxygens (including phenoxy) is 1. The van der Waals surface area contributed by atoms with Crippen LogP contribution in [0.1, 0.15) is 27.2 Å². The zero-order valence-electron chi connectivity index (χ0n) is 18.5. The fourth-order valence-corrected chi connectivity index (χ4v) is 4.61. The van der Waals surface area contributed by atoms with E-state index in [1.807, 2.05) is 42.6 Å². The van der Waals surface area contributed by atoms with E-state index < -0.39 is 0 Å². The van der Waals surface area contributed by atoms with E-state index in [9.17, 15) is 14.7 Å². The normalized spacial score (nSPS) is 11.1. The lowest BCUT2D eigenvalue weighted by molar-refractivity contribution is -0.118. The van der Waals surface area contributed by atoms with Crippen molar-refractivity contribution >= 4 is 39.2 Å². The molecule has 4 rings (SSSR count). The molecule has 33 heavy (non-hydrogen) atoms. The predicted molar refractivity (Wildman–Crippen MR) is 129 cm³/mol. The van der Waals surface area contributed by atoms with Gasteiger partial charge in [-0.3, -0.25) is 19.1 Å². The summed E-state index contributed by atoms with van der Waals surface area (Å²) >= 11 is 1.39. The first-order valence-electron chi connectivity index (χ1n) is 10.6. The van der Waals surface area contributed by atoms with Crippen LogP contribution in [0.25, 0.3) is 10.9 Å². The number of aliphatic hydroxyl groups is 1. The third-order valence-corrected chi connectivity index (χ3v) is 6.40. The lowest BCUT2D eigenvalue weighted by Gasteiger charge is -2.19. The summed E-state index contributed by atoms with van der Waals surface area (Å²) in [4.78, 5) is 32.7. The van der Waals surface area contributed by atoms with Crippen molar-refractivity contribution in [2.24, 2.45) is 0 Å². The van der Waals surface area contributed by atoms with Gasteiger partial charge in [0.05, 0.1) is 31.7 Å². The Balaban J connectivity index is 1.79. The van der Waals surface area contributed by atoms with Crippen LogP contribution in [0.2, 0.25) is 0 Å². The fraction of sp³-hybridized carbons (Fsp3) is 0.240. The minimum absolute atomic E-state index is 0.0928. The Morgan fingerprint density at radius 2 is 1.97 bits per heavy atom. The Bertz CT molecular complexity index is 1270. The first-order valence-corrected chi connectivity index (χ1v) is 11.4. The Morgan fingerprint density at radius 1 is 1.18 bits per heavy atom. The second-order valence-corrected chi connectivity index (χ2v) is 8.48. The summed E-state index contributed by atoms with van der Waals surface area (Å²) in [7, 11) is 1.59. The van der Waals surface area contributed by atoms with Gasteiger partial charge in [0.2, 0.25) is 5.91 Å². The lowest BCUT2D eigenvalue weighted by atomic mass is 10.0. The molecule has 0 spiro atoms. The molecule has 0 aliphatic carbocycles. The van der Waals surface area contributed by atoms with Crippen LogP contribution in [0.15, 0.2) is 60.1 Å². The van der Waals surface area contributed by atoms with Gasteiger partial charge in [0.25, 0.3) is 5.91 Å². The zero-order chi connectivity index (χ0) is 23.4. The van der Waals surface area contributed by atoms with Crippen LogP contribution in [0, 0.1) is 6.92 Å². The van der Waals surface area contributed by atoms with Crippen molar-refractivity contribution in [3.8, 4) is 0 Å². The van der Waals surface area contributed by atoms with Gasteiger partial charge >= 0.3 is 0 Å². The molecule has 2 aromatic carbocycles. The quantitative estimate of drug-likeness (QED) is 0.430. The van der Waals surface area contributed by atoms with Crippen LogP contribution in [0.5, 0.6) is 0 Å². The molecule has 0 unspecified atom stereocenters. The van der Waals surface area contributed by atoms with Crippen LogP contribution in [-0.2, 0) is 22.6 Å². The third kappa shape index (κ3) is 4.59. The van der Waals surface area contributed by atoms with Crippen molar-refractivity contribution in [2.45, 2.75) is 20.0 Å². The molecule has 0 saturated carbocycles. The minimum Gasteiger partial charge on any atom is -0.392 e. The number of fused-ring (bicyclic) bond motifs is 1. The summed E-state index contributed by atoms with van der Waals surface area (Å²) < 4.78 is 6.84. The topological polar surface area (TPSA) is 84.7 Å². The molecule has 2 heterocycles. The number of methoxy groups -OCH3 is 1. The van der Waals surface area contributed by atoms with Gasteiger partial charge in [-0.05, 0) is 42.3 Å². The van der Waals surface area contributed by atoms with E-state index in [0.717, 1.165) is 16.5 Å². The standard InChI is InChI=1S/C25H25N3O4S/c1-17-20(15-23(30)27(11-12-32-2)25-26-10-13-33-25)21-14-18(16-29)8-9-22(21)28(17)24(31)19-6-4-3-5-7-19/h3-10,13-14,29H,11-12,15-16H2,1-2H3. The van der Waals surface area contributed by atoms with Crippen molar-refractivity contribution < 1.29 is 19.4 Å². The number of aromatic nitrogens is 2. The van der Waals surface area contributed by atoms with Gasteiger partial charge in [-0.25, -0.2) is 4.98 Å². The van der Waals surface area contributed by atoms with E-state index in [2.05, 4.69) is 4.98 Å². The maximum atomic E-state index is 13.4. The molecule has 8 heteroatoms. The molecular weight excluding hydrogens is 438 g/mol. The van der Waals surface area contributed by atoms with Gasteiger partial charge in [0, 0.05) is 35.3 Å². The number of carbonyl (C=O) groups is 2. The molecule has 2 aromatic heterocycles. The second kappa shape index (κ2) is 10.1. The Morgan fingerprint density at radius 3 is 2.64 bits per heavy atom. The first kappa shape index (κ1) is 22.8. The number of benzene rings is 2. The highest BCUT2D eigenvalue weighted by atomic mass is 32.1. The molecule has 0 aliphatic heterocycles. The van der Waals surface area contributed by atoms with Crippen LogP contribution in [-0.4, -0.2) is 46.7 Å². The van der Waals surface area contributed by atoms with Gasteiger partial charge < -0.3 is 9.84 Å².